The predicted molar refractivity (Wildman–Crippen MR) is 136 cm³/mol. The second-order valence-electron chi connectivity index (χ2n) is 7.50. The van der Waals surface area contributed by atoms with Gasteiger partial charge in [-0.15, -0.1) is 12.4 Å². The molecule has 5 aromatic rings. The van der Waals surface area contributed by atoms with E-state index in [0.29, 0.717) is 17.2 Å². The number of imidazole rings is 1. The summed E-state index contributed by atoms with van der Waals surface area (Å²) >= 11 is 1.50. The van der Waals surface area contributed by atoms with Crippen LogP contribution in [0.2, 0.25) is 0 Å². The number of hydrogen-bond acceptors (Lipinski definition) is 5. The van der Waals surface area contributed by atoms with Gasteiger partial charge < -0.3 is 9.30 Å². The largest absolute Gasteiger partial charge is 0.497 e. The topological polar surface area (TPSA) is 60.2 Å². The molecular weight excluding hydrogens is 456 g/mol. The minimum Gasteiger partial charge on any atom is -0.497 e. The molecule has 0 saturated heterocycles. The lowest BCUT2D eigenvalue weighted by Gasteiger charge is -2.20. The van der Waals surface area contributed by atoms with E-state index in [2.05, 4.69) is 4.98 Å². The van der Waals surface area contributed by atoms with Gasteiger partial charge in [-0.25, -0.2) is 9.97 Å². The zero-order chi connectivity index (χ0) is 21.9. The van der Waals surface area contributed by atoms with Crippen LogP contribution in [-0.4, -0.2) is 34.1 Å². The van der Waals surface area contributed by atoms with Gasteiger partial charge in [-0.2, -0.15) is 0 Å². The molecule has 0 fully saturated rings. The molecule has 5 rings (SSSR count). The van der Waals surface area contributed by atoms with Crippen molar-refractivity contribution < 1.29 is 9.53 Å². The third-order valence-corrected chi connectivity index (χ3v) is 6.46. The Balaban J connectivity index is 0.00000259. The van der Waals surface area contributed by atoms with Gasteiger partial charge >= 0.3 is 0 Å². The monoisotopic (exact) mass is 478 g/mol. The Hall–Kier alpha value is -3.42. The lowest BCUT2D eigenvalue weighted by atomic mass is 10.1. The van der Waals surface area contributed by atoms with Crippen LogP contribution in [-0.2, 0) is 6.54 Å². The van der Waals surface area contributed by atoms with Crippen molar-refractivity contribution in [2.24, 2.45) is 0 Å². The quantitative estimate of drug-likeness (QED) is 0.296. The third kappa shape index (κ3) is 4.84. The lowest BCUT2D eigenvalue weighted by Crippen LogP contribution is -2.32. The van der Waals surface area contributed by atoms with Gasteiger partial charge in [0.05, 0.1) is 23.7 Å². The summed E-state index contributed by atoms with van der Waals surface area (Å²) in [7, 11) is 1.65. The number of halogens is 1. The van der Waals surface area contributed by atoms with Crippen molar-refractivity contribution in [2.45, 2.75) is 13.0 Å². The van der Waals surface area contributed by atoms with Crippen LogP contribution in [0.25, 0.3) is 21.0 Å². The molecule has 168 valence electrons. The molecule has 8 heteroatoms. The van der Waals surface area contributed by atoms with Crippen LogP contribution in [0.3, 0.4) is 0 Å². The highest BCUT2D eigenvalue weighted by atomic mass is 35.5. The number of aryl methyl sites for hydroxylation is 1. The number of benzene rings is 3. The van der Waals surface area contributed by atoms with E-state index in [1.165, 1.54) is 11.3 Å². The number of fused-ring (bicyclic) bond motifs is 2. The summed E-state index contributed by atoms with van der Waals surface area (Å²) in [4.78, 5) is 24.3. The van der Waals surface area contributed by atoms with Gasteiger partial charge in [-0.05, 0) is 47.5 Å². The summed E-state index contributed by atoms with van der Waals surface area (Å²) in [6.45, 7) is 1.33. The first-order chi connectivity index (χ1) is 15.7. The Kier molecular flexibility index (Phi) is 6.91. The molecule has 6 nitrogen and oxygen atoms in total. The summed E-state index contributed by atoms with van der Waals surface area (Å²) in [6, 6.07) is 19.7. The first-order valence-corrected chi connectivity index (χ1v) is 11.2. The molecule has 3 aromatic carbocycles. The predicted octanol–water partition coefficient (Wildman–Crippen LogP) is 5.81. The van der Waals surface area contributed by atoms with E-state index >= 15 is 0 Å². The van der Waals surface area contributed by atoms with Crippen LogP contribution in [0.1, 0.15) is 16.8 Å². The van der Waals surface area contributed by atoms with Gasteiger partial charge in [0.1, 0.15) is 5.75 Å². The van der Waals surface area contributed by atoms with E-state index in [9.17, 15) is 4.79 Å². The highest BCUT2D eigenvalue weighted by molar-refractivity contribution is 7.22. The molecule has 0 spiro atoms. The number of rotatable bonds is 7. The average Bonchev–Trinajstić information content (AvgIpc) is 3.50. The molecule has 0 atom stereocenters. The molecule has 0 saturated carbocycles. The SMILES string of the molecule is COc1ccc2nc(N(CCCn3ccnc3)C(=O)c3ccc4ccccc4c3)sc2c1.Cl. The molecule has 0 aliphatic heterocycles. The molecule has 2 aromatic heterocycles. The van der Waals surface area contributed by atoms with Gasteiger partial charge in [0, 0.05) is 31.0 Å². The van der Waals surface area contributed by atoms with Crippen molar-refractivity contribution in [2.75, 3.05) is 18.6 Å². The molecule has 0 aliphatic rings. The second kappa shape index (κ2) is 10.0. The lowest BCUT2D eigenvalue weighted by molar-refractivity contribution is 0.0986. The smallest absolute Gasteiger partial charge is 0.260 e. The van der Waals surface area contributed by atoms with Crippen molar-refractivity contribution in [3.8, 4) is 5.75 Å². The molecule has 0 radical (unpaired) electrons. The molecule has 0 aliphatic carbocycles. The van der Waals surface area contributed by atoms with Crippen molar-refractivity contribution >= 4 is 55.8 Å². The first-order valence-electron chi connectivity index (χ1n) is 10.4. The summed E-state index contributed by atoms with van der Waals surface area (Å²) in [6.07, 6.45) is 6.27. The Morgan fingerprint density at radius 3 is 2.73 bits per heavy atom. The van der Waals surface area contributed by atoms with Crippen LogP contribution in [0.15, 0.2) is 79.4 Å². The van der Waals surface area contributed by atoms with Crippen molar-refractivity contribution in [3.63, 3.8) is 0 Å². The highest BCUT2D eigenvalue weighted by Gasteiger charge is 2.21. The van der Waals surface area contributed by atoms with Crippen molar-refractivity contribution in [3.05, 3.63) is 84.9 Å². The molecule has 0 unspecified atom stereocenters. The number of hydrogen-bond donors (Lipinski definition) is 0. The Bertz CT molecular complexity index is 1380. The summed E-state index contributed by atoms with van der Waals surface area (Å²) in [5, 5.41) is 2.85. The van der Waals surface area contributed by atoms with Crippen LogP contribution in [0.4, 0.5) is 5.13 Å². The van der Waals surface area contributed by atoms with Gasteiger partial charge in [-0.1, -0.05) is 41.7 Å². The van der Waals surface area contributed by atoms with Crippen molar-refractivity contribution in [1.29, 1.82) is 0 Å². The molecular formula is C25H23ClN4O2S. The first kappa shape index (κ1) is 22.8. The third-order valence-electron chi connectivity index (χ3n) is 5.41. The average molecular weight is 479 g/mol. The maximum atomic E-state index is 13.6. The summed E-state index contributed by atoms with van der Waals surface area (Å²) in [5.74, 6) is 0.729. The normalized spacial score (nSPS) is 10.8. The molecule has 33 heavy (non-hydrogen) atoms. The molecule has 2 heterocycles. The second-order valence-corrected chi connectivity index (χ2v) is 8.51. The minimum atomic E-state index is -0.0487. The van der Waals surface area contributed by atoms with E-state index in [4.69, 9.17) is 9.72 Å². The van der Waals surface area contributed by atoms with Crippen LogP contribution in [0, 0.1) is 0 Å². The van der Waals surface area contributed by atoms with E-state index < -0.39 is 0 Å². The van der Waals surface area contributed by atoms with E-state index in [1.807, 2.05) is 71.4 Å². The molecule has 0 bridgehead atoms. The standard InChI is InChI=1S/C25H22N4O2S.ClH/c1-31-21-9-10-22-23(16-21)32-25(27-22)29(13-4-12-28-14-11-26-17-28)24(30)20-8-7-18-5-2-3-6-19(18)15-20;/h2-3,5-11,14-17H,4,12-13H2,1H3;1H. The van der Waals surface area contributed by atoms with Gasteiger partial charge in [0.15, 0.2) is 5.13 Å². The van der Waals surface area contributed by atoms with E-state index in [1.54, 1.807) is 24.5 Å². The number of carbonyl (C=O) groups is 1. The number of aromatic nitrogens is 3. The van der Waals surface area contributed by atoms with Gasteiger partial charge in [0.25, 0.3) is 5.91 Å². The zero-order valence-electron chi connectivity index (χ0n) is 18.0. The van der Waals surface area contributed by atoms with Gasteiger partial charge in [-0.3, -0.25) is 9.69 Å². The van der Waals surface area contributed by atoms with Crippen molar-refractivity contribution in [1.82, 2.24) is 14.5 Å². The van der Waals surface area contributed by atoms with E-state index in [-0.39, 0.29) is 18.3 Å². The number of carbonyl (C=O) groups excluding carboxylic acids is 1. The maximum absolute atomic E-state index is 13.6. The van der Waals surface area contributed by atoms with Crippen LogP contribution >= 0.6 is 23.7 Å². The van der Waals surface area contributed by atoms with Crippen LogP contribution < -0.4 is 9.64 Å². The zero-order valence-corrected chi connectivity index (χ0v) is 19.7. The summed E-state index contributed by atoms with van der Waals surface area (Å²) in [5.41, 5.74) is 1.51. The Labute approximate surface area is 201 Å². The number of amides is 1. The van der Waals surface area contributed by atoms with Gasteiger partial charge in [0.2, 0.25) is 0 Å². The Morgan fingerprint density at radius 2 is 1.94 bits per heavy atom. The number of thiazole rings is 1. The number of ether oxygens (including phenoxy) is 1. The fourth-order valence-corrected chi connectivity index (χ4v) is 4.75. The number of anilines is 1. The fraction of sp³-hybridized carbons (Fsp3) is 0.160. The maximum Gasteiger partial charge on any atom is 0.260 e. The molecule has 0 N–H and O–H groups in total. The Morgan fingerprint density at radius 1 is 1.09 bits per heavy atom. The minimum absolute atomic E-state index is 0. The highest BCUT2D eigenvalue weighted by Crippen LogP contribution is 2.32. The number of nitrogens with zero attached hydrogens (tertiary/aromatic N) is 4. The summed E-state index contributed by atoms with van der Waals surface area (Å²) < 4.78 is 8.35. The van der Waals surface area contributed by atoms with E-state index in [0.717, 1.165) is 39.7 Å². The molecule has 1 amide bonds. The fourth-order valence-electron chi connectivity index (χ4n) is 3.73. The van der Waals surface area contributed by atoms with Crippen LogP contribution in [0.5, 0.6) is 5.75 Å². The number of methoxy groups -OCH3 is 1.